The van der Waals surface area contributed by atoms with Gasteiger partial charge in [-0.1, -0.05) is 23.2 Å². The van der Waals surface area contributed by atoms with Gasteiger partial charge in [-0.3, -0.25) is 9.78 Å². The van der Waals surface area contributed by atoms with Crippen LogP contribution >= 0.6 is 23.2 Å². The minimum absolute atomic E-state index is 0.248. The molecule has 0 radical (unpaired) electrons. The lowest BCUT2D eigenvalue weighted by Crippen LogP contribution is -2.05. The van der Waals surface area contributed by atoms with Crippen LogP contribution in [-0.2, 0) is 0 Å². The first-order valence-electron chi connectivity index (χ1n) is 5.11. The van der Waals surface area contributed by atoms with E-state index in [1.54, 1.807) is 18.2 Å². The zero-order chi connectivity index (χ0) is 13.1. The van der Waals surface area contributed by atoms with Gasteiger partial charge in [0.25, 0.3) is 0 Å². The van der Waals surface area contributed by atoms with Crippen molar-refractivity contribution in [2.75, 3.05) is 7.11 Å². The summed E-state index contributed by atoms with van der Waals surface area (Å²) in [6.07, 6.45) is 3.00. The summed E-state index contributed by atoms with van der Waals surface area (Å²) in [4.78, 5) is 16.2. The SMILES string of the molecule is COc1cnccc1C(=O)c1cc(Cl)ccc1Cl. The highest BCUT2D eigenvalue weighted by Gasteiger charge is 2.17. The van der Waals surface area contributed by atoms with E-state index in [4.69, 9.17) is 27.9 Å². The van der Waals surface area contributed by atoms with Crippen LogP contribution in [0.5, 0.6) is 5.75 Å². The number of nitrogens with zero attached hydrogens (tertiary/aromatic N) is 1. The van der Waals surface area contributed by atoms with E-state index in [9.17, 15) is 4.79 Å². The second kappa shape index (κ2) is 5.38. The third kappa shape index (κ3) is 2.47. The fourth-order valence-corrected chi connectivity index (χ4v) is 1.92. The molecule has 0 fully saturated rings. The number of carbonyl (C=O) groups excluding carboxylic acids is 1. The lowest BCUT2D eigenvalue weighted by molar-refractivity contribution is 0.103. The highest BCUT2D eigenvalue weighted by atomic mass is 35.5. The zero-order valence-electron chi connectivity index (χ0n) is 9.48. The largest absolute Gasteiger partial charge is 0.494 e. The molecule has 0 N–H and O–H groups in total. The summed E-state index contributed by atoms with van der Waals surface area (Å²) >= 11 is 11.9. The maximum absolute atomic E-state index is 12.3. The smallest absolute Gasteiger partial charge is 0.198 e. The molecule has 1 heterocycles. The van der Waals surface area contributed by atoms with Crippen molar-refractivity contribution < 1.29 is 9.53 Å². The molecular weight excluding hydrogens is 273 g/mol. The lowest BCUT2D eigenvalue weighted by atomic mass is 10.0. The van der Waals surface area contributed by atoms with E-state index in [-0.39, 0.29) is 5.78 Å². The number of hydrogen-bond acceptors (Lipinski definition) is 3. The predicted molar refractivity (Wildman–Crippen MR) is 70.7 cm³/mol. The molecule has 2 aromatic rings. The van der Waals surface area contributed by atoms with Gasteiger partial charge in [-0.2, -0.15) is 0 Å². The molecule has 0 amide bonds. The van der Waals surface area contributed by atoms with Crippen molar-refractivity contribution >= 4 is 29.0 Å². The lowest BCUT2D eigenvalue weighted by Gasteiger charge is -2.08. The van der Waals surface area contributed by atoms with Gasteiger partial charge in [-0.05, 0) is 24.3 Å². The summed E-state index contributed by atoms with van der Waals surface area (Å²) in [7, 11) is 1.48. The Hall–Kier alpha value is -1.58. The molecule has 0 saturated carbocycles. The third-order valence-corrected chi connectivity index (χ3v) is 2.99. The standard InChI is InChI=1S/C13H9Cl2NO2/c1-18-12-7-16-5-4-9(12)13(17)10-6-8(14)2-3-11(10)15/h2-7H,1H3. The van der Waals surface area contributed by atoms with Crippen molar-refractivity contribution in [2.24, 2.45) is 0 Å². The van der Waals surface area contributed by atoms with Crippen LogP contribution in [0, 0.1) is 0 Å². The van der Waals surface area contributed by atoms with Crippen LogP contribution in [0.25, 0.3) is 0 Å². The Morgan fingerprint density at radius 1 is 1.22 bits per heavy atom. The number of aromatic nitrogens is 1. The molecule has 1 aromatic heterocycles. The summed E-state index contributed by atoms with van der Waals surface area (Å²) in [6.45, 7) is 0. The maximum atomic E-state index is 12.3. The van der Waals surface area contributed by atoms with Crippen molar-refractivity contribution in [2.45, 2.75) is 0 Å². The Bertz CT molecular complexity index is 599. The van der Waals surface area contributed by atoms with E-state index in [1.807, 2.05) is 0 Å². The Morgan fingerprint density at radius 3 is 2.72 bits per heavy atom. The summed E-state index contributed by atoms with van der Waals surface area (Å²) < 4.78 is 5.10. The number of pyridine rings is 1. The van der Waals surface area contributed by atoms with Gasteiger partial charge < -0.3 is 4.74 Å². The number of rotatable bonds is 3. The van der Waals surface area contributed by atoms with E-state index in [2.05, 4.69) is 4.98 Å². The molecular formula is C13H9Cl2NO2. The van der Waals surface area contributed by atoms with Gasteiger partial charge in [0.15, 0.2) is 5.78 Å². The average Bonchev–Trinajstić information content (AvgIpc) is 2.40. The molecule has 3 nitrogen and oxygen atoms in total. The maximum Gasteiger partial charge on any atom is 0.198 e. The van der Waals surface area contributed by atoms with Gasteiger partial charge in [0.1, 0.15) is 5.75 Å². The molecule has 2 rings (SSSR count). The van der Waals surface area contributed by atoms with Crippen molar-refractivity contribution in [3.8, 4) is 5.75 Å². The van der Waals surface area contributed by atoms with E-state index in [1.165, 1.54) is 25.6 Å². The molecule has 0 spiro atoms. The number of ether oxygens (including phenoxy) is 1. The fraction of sp³-hybridized carbons (Fsp3) is 0.0769. The van der Waals surface area contributed by atoms with Crippen molar-refractivity contribution in [3.63, 3.8) is 0 Å². The van der Waals surface area contributed by atoms with Crippen molar-refractivity contribution in [1.82, 2.24) is 4.98 Å². The Morgan fingerprint density at radius 2 is 2.00 bits per heavy atom. The molecule has 5 heteroatoms. The number of methoxy groups -OCH3 is 1. The normalized spacial score (nSPS) is 10.2. The van der Waals surface area contributed by atoms with Crippen molar-refractivity contribution in [3.05, 3.63) is 57.8 Å². The Kier molecular flexibility index (Phi) is 3.84. The highest BCUT2D eigenvalue weighted by Crippen LogP contribution is 2.26. The van der Waals surface area contributed by atoms with Gasteiger partial charge in [-0.15, -0.1) is 0 Å². The van der Waals surface area contributed by atoms with Crippen LogP contribution < -0.4 is 4.74 Å². The predicted octanol–water partition coefficient (Wildman–Crippen LogP) is 3.63. The first-order valence-corrected chi connectivity index (χ1v) is 5.87. The number of halogens is 2. The van der Waals surface area contributed by atoms with Crippen molar-refractivity contribution in [1.29, 1.82) is 0 Å². The van der Waals surface area contributed by atoms with E-state index >= 15 is 0 Å². The van der Waals surface area contributed by atoms with E-state index in [0.717, 1.165) is 0 Å². The number of benzene rings is 1. The summed E-state index contributed by atoms with van der Waals surface area (Å²) in [5.74, 6) is 0.153. The van der Waals surface area contributed by atoms with Gasteiger partial charge in [-0.25, -0.2) is 0 Å². The molecule has 92 valence electrons. The Balaban J connectivity index is 2.51. The minimum Gasteiger partial charge on any atom is -0.494 e. The van der Waals surface area contributed by atoms with Gasteiger partial charge in [0, 0.05) is 16.8 Å². The van der Waals surface area contributed by atoms with E-state index < -0.39 is 0 Å². The zero-order valence-corrected chi connectivity index (χ0v) is 11.0. The number of carbonyl (C=O) groups is 1. The number of hydrogen-bond donors (Lipinski definition) is 0. The summed E-state index contributed by atoms with van der Waals surface area (Å²) in [5.41, 5.74) is 0.741. The first-order chi connectivity index (χ1) is 8.63. The summed E-state index contributed by atoms with van der Waals surface area (Å²) in [5, 5.41) is 0.805. The Labute approximate surface area is 114 Å². The second-order valence-corrected chi connectivity index (χ2v) is 4.37. The van der Waals surface area contributed by atoms with Crippen LogP contribution in [0.2, 0.25) is 10.0 Å². The average molecular weight is 282 g/mol. The summed E-state index contributed by atoms with van der Waals surface area (Å²) in [6, 6.07) is 6.33. The monoisotopic (exact) mass is 281 g/mol. The molecule has 0 aliphatic rings. The molecule has 18 heavy (non-hydrogen) atoms. The third-order valence-electron chi connectivity index (χ3n) is 2.42. The fourth-order valence-electron chi connectivity index (χ4n) is 1.55. The molecule has 0 bridgehead atoms. The van der Waals surface area contributed by atoms with E-state index in [0.29, 0.717) is 26.9 Å². The number of ketones is 1. The van der Waals surface area contributed by atoms with Crippen LogP contribution in [0.1, 0.15) is 15.9 Å². The second-order valence-electron chi connectivity index (χ2n) is 3.53. The van der Waals surface area contributed by atoms with Gasteiger partial charge in [0.2, 0.25) is 0 Å². The molecule has 0 saturated heterocycles. The van der Waals surface area contributed by atoms with Crippen LogP contribution in [-0.4, -0.2) is 17.9 Å². The quantitative estimate of drug-likeness (QED) is 0.807. The van der Waals surface area contributed by atoms with Crippen LogP contribution in [0.4, 0.5) is 0 Å². The van der Waals surface area contributed by atoms with Gasteiger partial charge in [0.05, 0.1) is 23.9 Å². The molecule has 0 atom stereocenters. The van der Waals surface area contributed by atoms with Gasteiger partial charge >= 0.3 is 0 Å². The molecule has 0 aliphatic carbocycles. The first kappa shape index (κ1) is 12.9. The van der Waals surface area contributed by atoms with Crippen LogP contribution in [0.3, 0.4) is 0 Å². The molecule has 1 aromatic carbocycles. The van der Waals surface area contributed by atoms with Crippen LogP contribution in [0.15, 0.2) is 36.7 Å². The molecule has 0 unspecified atom stereocenters. The minimum atomic E-state index is -0.248. The molecule has 0 aliphatic heterocycles. The highest BCUT2D eigenvalue weighted by molar-refractivity contribution is 6.36. The topological polar surface area (TPSA) is 39.2 Å².